The van der Waals surface area contributed by atoms with Crippen LogP contribution in [0.4, 0.5) is 0 Å². The Morgan fingerprint density at radius 2 is 2.38 bits per heavy atom. The number of nitriles is 1. The largest absolute Gasteiger partial charge is 0.198 e. The van der Waals surface area contributed by atoms with Gasteiger partial charge in [0.15, 0.2) is 0 Å². The van der Waals surface area contributed by atoms with Gasteiger partial charge in [0.1, 0.15) is 0 Å². The summed E-state index contributed by atoms with van der Waals surface area (Å²) in [7, 11) is 0. The molecule has 0 amide bonds. The molecule has 0 aromatic carbocycles. The van der Waals surface area contributed by atoms with Gasteiger partial charge in [0, 0.05) is 0 Å². The molecule has 0 saturated carbocycles. The molecule has 0 aromatic rings. The number of hydrogen-bond donors (Lipinski definition) is 0. The van der Waals surface area contributed by atoms with Gasteiger partial charge >= 0.3 is 0 Å². The molecule has 0 saturated heterocycles. The van der Waals surface area contributed by atoms with Crippen molar-refractivity contribution in [2.75, 3.05) is 0 Å². The van der Waals surface area contributed by atoms with Crippen LogP contribution in [0.1, 0.15) is 26.7 Å². The molecule has 1 heteroatoms. The summed E-state index contributed by atoms with van der Waals surface area (Å²) in [5.41, 5.74) is 1.30. The molecule has 0 spiro atoms. The minimum absolute atomic E-state index is 0.555. The zero-order chi connectivity index (χ0) is 6.41. The first-order valence-electron chi connectivity index (χ1n) is 2.83. The molecule has 0 aliphatic carbocycles. The van der Waals surface area contributed by atoms with Crippen LogP contribution in [0.15, 0.2) is 11.6 Å². The lowest BCUT2D eigenvalue weighted by molar-refractivity contribution is 1.08. The highest BCUT2D eigenvalue weighted by Crippen LogP contribution is 1.97. The predicted octanol–water partition coefficient (Wildman–Crippen LogP) is 2.26. The molecule has 0 aliphatic heterocycles. The predicted molar refractivity (Wildman–Crippen MR) is 34.3 cm³/mol. The van der Waals surface area contributed by atoms with Crippen LogP contribution in [0.2, 0.25) is 0 Å². The fourth-order valence-electron chi connectivity index (χ4n) is 0.364. The van der Waals surface area contributed by atoms with Crippen molar-refractivity contribution in [3.05, 3.63) is 11.6 Å². The Hall–Kier alpha value is -0.770. The van der Waals surface area contributed by atoms with E-state index < -0.39 is 0 Å². The molecule has 1 nitrogen and oxygen atoms in total. The second-order valence-corrected chi connectivity index (χ2v) is 1.77. The van der Waals surface area contributed by atoms with E-state index >= 15 is 0 Å². The Morgan fingerprint density at radius 3 is 2.75 bits per heavy atom. The highest BCUT2D eigenvalue weighted by molar-refractivity contribution is 5.00. The Bertz CT molecular complexity index is 117. The lowest BCUT2D eigenvalue weighted by Crippen LogP contribution is -1.68. The van der Waals surface area contributed by atoms with E-state index in [1.807, 2.05) is 13.0 Å². The van der Waals surface area contributed by atoms with Crippen LogP contribution in [0, 0.1) is 11.3 Å². The fourth-order valence-corrected chi connectivity index (χ4v) is 0.364. The van der Waals surface area contributed by atoms with Crippen molar-refractivity contribution in [2.24, 2.45) is 0 Å². The molecule has 44 valence electrons. The third-order valence-electron chi connectivity index (χ3n) is 1.10. The van der Waals surface area contributed by atoms with Crippen LogP contribution in [-0.2, 0) is 0 Å². The van der Waals surface area contributed by atoms with Crippen molar-refractivity contribution in [1.29, 1.82) is 5.26 Å². The molecule has 0 aromatic heterocycles. The summed E-state index contributed by atoms with van der Waals surface area (Å²) in [6, 6.07) is 2.06. The summed E-state index contributed by atoms with van der Waals surface area (Å²) in [5.74, 6) is 0. The van der Waals surface area contributed by atoms with Gasteiger partial charge in [-0.05, 0) is 13.3 Å². The van der Waals surface area contributed by atoms with Gasteiger partial charge in [-0.3, -0.25) is 0 Å². The summed E-state index contributed by atoms with van der Waals surface area (Å²) in [6.45, 7) is 4.13. The third-order valence-corrected chi connectivity index (χ3v) is 1.10. The van der Waals surface area contributed by atoms with Crippen molar-refractivity contribution >= 4 is 0 Å². The maximum absolute atomic E-state index is 8.12. The lowest BCUT2D eigenvalue weighted by Gasteiger charge is -1.87. The summed E-state index contributed by atoms with van der Waals surface area (Å²) >= 11 is 0. The van der Waals surface area contributed by atoms with Gasteiger partial charge in [0.25, 0.3) is 0 Å². The number of nitrogens with zero attached hydrogens (tertiary/aromatic N) is 1. The molecule has 0 heterocycles. The Balaban J connectivity index is 3.45. The van der Waals surface area contributed by atoms with Crippen molar-refractivity contribution < 1.29 is 0 Å². The maximum atomic E-state index is 8.12. The van der Waals surface area contributed by atoms with E-state index in [0.717, 1.165) is 6.42 Å². The summed E-state index contributed by atoms with van der Waals surface area (Å²) in [6.07, 6.45) is 3.57. The molecule has 0 aliphatic rings. The fraction of sp³-hybridized carbons (Fsp3) is 0.571. The number of rotatable bonds is 2. The highest BCUT2D eigenvalue weighted by Gasteiger charge is 1.79. The average molecular weight is 109 g/mol. The molecule has 0 unspecified atom stereocenters. The second kappa shape index (κ2) is 4.39. The zero-order valence-corrected chi connectivity index (χ0v) is 5.44. The smallest absolute Gasteiger partial charge is 0.0663 e. The van der Waals surface area contributed by atoms with Gasteiger partial charge in [-0.1, -0.05) is 18.6 Å². The SMILES string of the molecule is CCC(C)=CCC#N. The van der Waals surface area contributed by atoms with Crippen molar-refractivity contribution in [2.45, 2.75) is 26.7 Å². The Labute approximate surface area is 50.6 Å². The molecule has 0 fully saturated rings. The van der Waals surface area contributed by atoms with Crippen LogP contribution in [0.25, 0.3) is 0 Å². The Morgan fingerprint density at radius 1 is 1.75 bits per heavy atom. The van der Waals surface area contributed by atoms with Crippen LogP contribution in [-0.4, -0.2) is 0 Å². The van der Waals surface area contributed by atoms with Gasteiger partial charge in [0.05, 0.1) is 12.5 Å². The lowest BCUT2D eigenvalue weighted by atomic mass is 10.2. The van der Waals surface area contributed by atoms with Crippen molar-refractivity contribution in [3.8, 4) is 6.07 Å². The molecule has 8 heavy (non-hydrogen) atoms. The molecular weight excluding hydrogens is 98.1 g/mol. The van der Waals surface area contributed by atoms with Gasteiger partial charge < -0.3 is 0 Å². The number of hydrogen-bond acceptors (Lipinski definition) is 1. The van der Waals surface area contributed by atoms with E-state index in [-0.39, 0.29) is 0 Å². The standard InChI is InChI=1S/C7H11N/c1-3-7(2)5-4-6-8/h5H,3-4H2,1-2H3. The minimum atomic E-state index is 0.555. The molecule has 0 N–H and O–H groups in total. The van der Waals surface area contributed by atoms with Crippen LogP contribution in [0.5, 0.6) is 0 Å². The molecular formula is C7H11N. The van der Waals surface area contributed by atoms with Crippen molar-refractivity contribution in [1.82, 2.24) is 0 Å². The third kappa shape index (κ3) is 3.42. The first-order valence-corrected chi connectivity index (χ1v) is 2.83. The minimum Gasteiger partial charge on any atom is -0.198 e. The zero-order valence-electron chi connectivity index (χ0n) is 5.44. The summed E-state index contributed by atoms with van der Waals surface area (Å²) in [4.78, 5) is 0. The monoisotopic (exact) mass is 109 g/mol. The summed E-state index contributed by atoms with van der Waals surface area (Å²) in [5, 5.41) is 8.12. The van der Waals surface area contributed by atoms with Crippen LogP contribution >= 0.6 is 0 Å². The maximum Gasteiger partial charge on any atom is 0.0663 e. The topological polar surface area (TPSA) is 23.8 Å². The normalized spacial score (nSPS) is 10.9. The van der Waals surface area contributed by atoms with Gasteiger partial charge in [0.2, 0.25) is 0 Å². The van der Waals surface area contributed by atoms with E-state index in [1.54, 1.807) is 0 Å². The first-order chi connectivity index (χ1) is 3.81. The van der Waals surface area contributed by atoms with Crippen molar-refractivity contribution in [3.63, 3.8) is 0 Å². The second-order valence-electron chi connectivity index (χ2n) is 1.77. The Kier molecular flexibility index (Phi) is 3.97. The molecule has 0 bridgehead atoms. The number of allylic oxidation sites excluding steroid dienone is 2. The molecule has 0 radical (unpaired) electrons. The van der Waals surface area contributed by atoms with Gasteiger partial charge in [-0.25, -0.2) is 0 Å². The van der Waals surface area contributed by atoms with E-state index in [4.69, 9.17) is 5.26 Å². The van der Waals surface area contributed by atoms with Crippen LogP contribution in [0.3, 0.4) is 0 Å². The van der Waals surface area contributed by atoms with Gasteiger partial charge in [-0.2, -0.15) is 5.26 Å². The highest BCUT2D eigenvalue weighted by atomic mass is 14.2. The van der Waals surface area contributed by atoms with E-state index in [0.29, 0.717) is 6.42 Å². The van der Waals surface area contributed by atoms with E-state index in [1.165, 1.54) is 5.57 Å². The molecule has 0 rings (SSSR count). The van der Waals surface area contributed by atoms with E-state index in [9.17, 15) is 0 Å². The molecule has 0 atom stereocenters. The average Bonchev–Trinajstić information content (AvgIpc) is 1.83. The van der Waals surface area contributed by atoms with Gasteiger partial charge in [-0.15, -0.1) is 0 Å². The van der Waals surface area contributed by atoms with Crippen LogP contribution < -0.4 is 0 Å². The summed E-state index contributed by atoms with van der Waals surface area (Å²) < 4.78 is 0. The first kappa shape index (κ1) is 7.23. The quantitative estimate of drug-likeness (QED) is 0.499. The van der Waals surface area contributed by atoms with E-state index in [2.05, 4.69) is 13.0 Å².